The zero-order chi connectivity index (χ0) is 27.4. The molecular formula is C31H42N2O6. The van der Waals surface area contributed by atoms with E-state index in [1.807, 2.05) is 6.07 Å². The number of benzene rings is 1. The van der Waals surface area contributed by atoms with Crippen LogP contribution < -0.4 is 20.1 Å². The number of amides is 2. The summed E-state index contributed by atoms with van der Waals surface area (Å²) in [5.74, 6) is 0.845. The molecule has 212 valence electrons. The minimum Gasteiger partial charge on any atom is -0.492 e. The van der Waals surface area contributed by atoms with Gasteiger partial charge in [-0.15, -0.1) is 0 Å². The number of carbonyl (C=O) groups is 3. The molecule has 4 aliphatic carbocycles. The van der Waals surface area contributed by atoms with Crippen LogP contribution in [-0.2, 0) is 16.0 Å². The maximum atomic E-state index is 13.7. The number of aliphatic carboxylic acids is 1. The smallest absolute Gasteiger partial charge is 0.309 e. The Morgan fingerprint density at radius 1 is 1.05 bits per heavy atom. The summed E-state index contributed by atoms with van der Waals surface area (Å²) in [6, 6.07) is 3.56. The SMILES string of the molecule is CC1(CNC(=O)C2C3CCC(C3)C2NC(=O)c2cc(OC3CCC(C)(C(=O)O)CC3)cc3c2OCC3)CCC1. The summed E-state index contributed by atoms with van der Waals surface area (Å²) in [6.45, 7) is 5.29. The van der Waals surface area contributed by atoms with Crippen molar-refractivity contribution in [1.82, 2.24) is 10.6 Å². The van der Waals surface area contributed by atoms with E-state index >= 15 is 0 Å². The average molecular weight is 539 g/mol. The van der Waals surface area contributed by atoms with Crippen molar-refractivity contribution in [3.8, 4) is 11.5 Å². The summed E-state index contributed by atoms with van der Waals surface area (Å²) in [5, 5.41) is 16.0. The Hall–Kier alpha value is -2.77. The second-order valence-electron chi connectivity index (χ2n) is 13.5. The Morgan fingerprint density at radius 2 is 1.79 bits per heavy atom. The van der Waals surface area contributed by atoms with Crippen LogP contribution in [0.15, 0.2) is 12.1 Å². The van der Waals surface area contributed by atoms with Gasteiger partial charge in [0.15, 0.2) is 0 Å². The molecule has 1 aromatic rings. The quantitative estimate of drug-likeness (QED) is 0.450. The third kappa shape index (κ3) is 5.00. The van der Waals surface area contributed by atoms with Gasteiger partial charge in [0.1, 0.15) is 11.5 Å². The molecule has 4 unspecified atom stereocenters. The minimum absolute atomic E-state index is 0.0788. The molecule has 4 fully saturated rings. The highest BCUT2D eigenvalue weighted by atomic mass is 16.5. The van der Waals surface area contributed by atoms with Crippen molar-refractivity contribution in [3.63, 3.8) is 0 Å². The largest absolute Gasteiger partial charge is 0.492 e. The average Bonchev–Trinajstić information content (AvgIpc) is 3.63. The highest BCUT2D eigenvalue weighted by molar-refractivity contribution is 5.98. The van der Waals surface area contributed by atoms with Crippen LogP contribution in [0.5, 0.6) is 11.5 Å². The highest BCUT2D eigenvalue weighted by Gasteiger charge is 2.52. The van der Waals surface area contributed by atoms with Crippen LogP contribution in [0, 0.1) is 28.6 Å². The number of carbonyl (C=O) groups excluding carboxylic acids is 2. The lowest BCUT2D eigenvalue weighted by atomic mass is 9.70. The fraction of sp³-hybridized carbons (Fsp3) is 0.710. The number of nitrogens with one attached hydrogen (secondary N) is 2. The standard InChI is InChI=1S/C31H42N2O6/c1-30(9-3-10-30)17-32-28(35)24-18-4-5-19(14-18)25(24)33-27(34)23-16-22(15-20-8-13-38-26(20)23)39-21-6-11-31(2,12-7-21)29(36)37/h15-16,18-19,21,24-25H,3-14,17H2,1-2H3,(H,32,35)(H,33,34)(H,36,37). The first-order chi connectivity index (χ1) is 18.6. The van der Waals surface area contributed by atoms with Crippen LogP contribution in [0.2, 0.25) is 0 Å². The summed E-state index contributed by atoms with van der Waals surface area (Å²) in [5.41, 5.74) is 0.944. The molecule has 2 amide bonds. The summed E-state index contributed by atoms with van der Waals surface area (Å²) in [4.78, 5) is 38.7. The molecule has 6 rings (SSSR count). The van der Waals surface area contributed by atoms with E-state index < -0.39 is 11.4 Å². The van der Waals surface area contributed by atoms with E-state index in [9.17, 15) is 19.5 Å². The second-order valence-corrected chi connectivity index (χ2v) is 13.5. The normalized spacial score (nSPS) is 33.9. The third-order valence-electron chi connectivity index (χ3n) is 10.6. The first-order valence-corrected chi connectivity index (χ1v) is 14.9. The van der Waals surface area contributed by atoms with Gasteiger partial charge < -0.3 is 25.2 Å². The molecule has 1 aromatic carbocycles. The number of ether oxygens (including phenoxy) is 2. The summed E-state index contributed by atoms with van der Waals surface area (Å²) in [7, 11) is 0. The molecule has 2 bridgehead atoms. The zero-order valence-corrected chi connectivity index (χ0v) is 23.2. The van der Waals surface area contributed by atoms with E-state index in [1.165, 1.54) is 6.42 Å². The Morgan fingerprint density at radius 3 is 2.49 bits per heavy atom. The molecule has 3 N–H and O–H groups in total. The van der Waals surface area contributed by atoms with E-state index in [2.05, 4.69) is 17.6 Å². The molecule has 0 saturated heterocycles. The molecule has 5 aliphatic rings. The van der Waals surface area contributed by atoms with Crippen molar-refractivity contribution in [2.45, 2.75) is 96.6 Å². The molecule has 0 radical (unpaired) electrons. The van der Waals surface area contributed by atoms with E-state index in [-0.39, 0.29) is 35.3 Å². The highest BCUT2D eigenvalue weighted by Crippen LogP contribution is 2.49. The van der Waals surface area contributed by atoms with Crippen LogP contribution >= 0.6 is 0 Å². The van der Waals surface area contributed by atoms with E-state index in [1.54, 1.807) is 13.0 Å². The summed E-state index contributed by atoms with van der Waals surface area (Å²) >= 11 is 0. The van der Waals surface area contributed by atoms with Gasteiger partial charge in [-0.3, -0.25) is 14.4 Å². The fourth-order valence-corrected chi connectivity index (χ4v) is 7.75. The van der Waals surface area contributed by atoms with Gasteiger partial charge in [-0.05, 0) is 94.1 Å². The molecule has 4 atom stereocenters. The zero-order valence-electron chi connectivity index (χ0n) is 23.2. The van der Waals surface area contributed by atoms with Gasteiger partial charge in [0.25, 0.3) is 5.91 Å². The van der Waals surface area contributed by atoms with Crippen LogP contribution in [0.3, 0.4) is 0 Å². The summed E-state index contributed by atoms with van der Waals surface area (Å²) in [6.07, 6.45) is 9.76. The lowest BCUT2D eigenvalue weighted by Crippen LogP contribution is -2.51. The Labute approximate surface area is 230 Å². The molecule has 39 heavy (non-hydrogen) atoms. The van der Waals surface area contributed by atoms with Gasteiger partial charge >= 0.3 is 5.97 Å². The topological polar surface area (TPSA) is 114 Å². The van der Waals surface area contributed by atoms with E-state index in [0.29, 0.717) is 74.2 Å². The van der Waals surface area contributed by atoms with Crippen molar-refractivity contribution < 1.29 is 29.0 Å². The molecular weight excluding hydrogens is 496 g/mol. The Kier molecular flexibility index (Phi) is 6.79. The van der Waals surface area contributed by atoms with E-state index in [0.717, 1.165) is 37.7 Å². The number of hydrogen-bond acceptors (Lipinski definition) is 5. The molecule has 1 aliphatic heterocycles. The summed E-state index contributed by atoms with van der Waals surface area (Å²) < 4.78 is 12.2. The first kappa shape index (κ1) is 26.5. The second kappa shape index (κ2) is 10.0. The minimum atomic E-state index is -0.751. The monoisotopic (exact) mass is 538 g/mol. The number of rotatable bonds is 8. The van der Waals surface area contributed by atoms with Crippen molar-refractivity contribution in [1.29, 1.82) is 0 Å². The van der Waals surface area contributed by atoms with Gasteiger partial charge in [-0.1, -0.05) is 13.3 Å². The molecule has 4 saturated carbocycles. The van der Waals surface area contributed by atoms with Crippen LogP contribution in [-0.4, -0.2) is 48.2 Å². The predicted octanol–water partition coefficient (Wildman–Crippen LogP) is 4.48. The van der Waals surface area contributed by atoms with Gasteiger partial charge in [0.2, 0.25) is 5.91 Å². The lowest BCUT2D eigenvalue weighted by molar-refractivity contribution is -0.150. The molecule has 8 nitrogen and oxygen atoms in total. The third-order valence-corrected chi connectivity index (χ3v) is 10.6. The maximum Gasteiger partial charge on any atom is 0.309 e. The number of fused-ring (bicyclic) bond motifs is 3. The Bertz CT molecular complexity index is 1150. The van der Waals surface area contributed by atoms with Gasteiger partial charge in [0.05, 0.1) is 29.6 Å². The van der Waals surface area contributed by atoms with Gasteiger partial charge in [-0.2, -0.15) is 0 Å². The lowest BCUT2D eigenvalue weighted by Gasteiger charge is -2.39. The molecule has 0 aromatic heterocycles. The molecule has 1 heterocycles. The van der Waals surface area contributed by atoms with Gasteiger partial charge in [0, 0.05) is 24.6 Å². The van der Waals surface area contributed by atoms with Gasteiger partial charge in [-0.25, -0.2) is 0 Å². The van der Waals surface area contributed by atoms with Crippen LogP contribution in [0.1, 0.15) is 94.0 Å². The van der Waals surface area contributed by atoms with Crippen molar-refractivity contribution in [2.75, 3.05) is 13.2 Å². The fourth-order valence-electron chi connectivity index (χ4n) is 7.75. The number of carboxylic acids is 1. The first-order valence-electron chi connectivity index (χ1n) is 14.9. The number of carboxylic acid groups (broad SMARTS) is 1. The Balaban J connectivity index is 1.15. The molecule has 8 heteroatoms. The van der Waals surface area contributed by atoms with Crippen LogP contribution in [0.4, 0.5) is 0 Å². The molecule has 0 spiro atoms. The maximum absolute atomic E-state index is 13.7. The van der Waals surface area contributed by atoms with Crippen LogP contribution in [0.25, 0.3) is 0 Å². The van der Waals surface area contributed by atoms with Crippen molar-refractivity contribution >= 4 is 17.8 Å². The van der Waals surface area contributed by atoms with E-state index in [4.69, 9.17) is 9.47 Å². The number of hydrogen-bond donors (Lipinski definition) is 3. The van der Waals surface area contributed by atoms with Crippen molar-refractivity contribution in [3.05, 3.63) is 23.3 Å². The predicted molar refractivity (Wildman–Crippen MR) is 145 cm³/mol. The van der Waals surface area contributed by atoms with Crippen molar-refractivity contribution in [2.24, 2.45) is 28.6 Å².